The van der Waals surface area contributed by atoms with Crippen molar-refractivity contribution in [3.8, 4) is 11.8 Å². The fourth-order valence-corrected chi connectivity index (χ4v) is 4.99. The minimum Gasteiger partial charge on any atom is -0.487 e. The van der Waals surface area contributed by atoms with E-state index < -0.39 is 0 Å². The van der Waals surface area contributed by atoms with Crippen molar-refractivity contribution >= 4 is 29.6 Å². The number of allylic oxidation sites excluding steroid dienone is 2. The van der Waals surface area contributed by atoms with Crippen LogP contribution in [0.15, 0.2) is 59.7 Å². The number of benzene rings is 2. The Morgan fingerprint density at radius 3 is 2.52 bits per heavy atom. The molecule has 0 aromatic heterocycles. The van der Waals surface area contributed by atoms with E-state index in [4.69, 9.17) is 16.3 Å². The Labute approximate surface area is 184 Å². The summed E-state index contributed by atoms with van der Waals surface area (Å²) in [5.41, 5.74) is 1.97. The summed E-state index contributed by atoms with van der Waals surface area (Å²) in [7, 11) is 0. The van der Waals surface area contributed by atoms with Gasteiger partial charge in [0.15, 0.2) is 0 Å². The van der Waals surface area contributed by atoms with Crippen LogP contribution in [0.25, 0.3) is 0 Å². The van der Waals surface area contributed by atoms with E-state index in [0.717, 1.165) is 17.0 Å². The van der Waals surface area contributed by atoms with Gasteiger partial charge in [0.25, 0.3) is 11.8 Å². The van der Waals surface area contributed by atoms with Crippen LogP contribution in [-0.4, -0.2) is 23.0 Å². The predicted molar refractivity (Wildman–Crippen MR) is 114 cm³/mol. The first kappa shape index (κ1) is 19.5. The normalized spacial score (nSPS) is 26.0. The summed E-state index contributed by atoms with van der Waals surface area (Å²) in [6.07, 6.45) is 6.46. The molecule has 4 atom stereocenters. The molecule has 6 nitrogen and oxygen atoms in total. The number of imide groups is 1. The van der Waals surface area contributed by atoms with Crippen LogP contribution in [0.2, 0.25) is 5.02 Å². The Hall–Kier alpha value is -3.43. The third-order valence-corrected chi connectivity index (χ3v) is 6.54. The fourth-order valence-electron chi connectivity index (χ4n) is 4.75. The number of ether oxygens (including phenoxy) is 1. The lowest BCUT2D eigenvalue weighted by Gasteiger charge is -2.13. The molecule has 0 N–H and O–H groups in total. The molecule has 5 rings (SSSR count). The van der Waals surface area contributed by atoms with Crippen LogP contribution in [0, 0.1) is 35.0 Å². The smallest absolute Gasteiger partial charge is 0.254 e. The highest BCUT2D eigenvalue weighted by atomic mass is 35.5. The molecule has 2 amide bonds. The first-order valence-corrected chi connectivity index (χ1v) is 10.4. The van der Waals surface area contributed by atoms with Crippen molar-refractivity contribution in [3.63, 3.8) is 0 Å². The van der Waals surface area contributed by atoms with E-state index in [1.165, 1.54) is 6.21 Å². The molecular weight excluding hydrogens is 414 g/mol. The molecule has 2 fully saturated rings. The summed E-state index contributed by atoms with van der Waals surface area (Å²) < 4.78 is 5.76. The number of fused-ring (bicyclic) bond motifs is 5. The second kappa shape index (κ2) is 7.68. The number of amides is 2. The van der Waals surface area contributed by atoms with Gasteiger partial charge in [-0.1, -0.05) is 42.0 Å². The van der Waals surface area contributed by atoms with Gasteiger partial charge >= 0.3 is 0 Å². The van der Waals surface area contributed by atoms with Gasteiger partial charge in [0.1, 0.15) is 12.4 Å². The van der Waals surface area contributed by atoms with Gasteiger partial charge < -0.3 is 4.74 Å². The molecule has 1 saturated heterocycles. The number of hydrogen-bond donors (Lipinski definition) is 0. The molecular formula is C24H18ClN3O3. The van der Waals surface area contributed by atoms with Crippen LogP contribution in [-0.2, 0) is 16.2 Å². The van der Waals surface area contributed by atoms with Crippen molar-refractivity contribution in [1.29, 1.82) is 5.26 Å². The van der Waals surface area contributed by atoms with Crippen molar-refractivity contribution < 1.29 is 14.3 Å². The topological polar surface area (TPSA) is 82.8 Å². The molecule has 1 heterocycles. The number of hydrogen-bond acceptors (Lipinski definition) is 5. The van der Waals surface area contributed by atoms with Crippen molar-refractivity contribution in [1.82, 2.24) is 5.01 Å². The highest BCUT2D eigenvalue weighted by Crippen LogP contribution is 2.52. The summed E-state index contributed by atoms with van der Waals surface area (Å²) in [5.74, 6) is -0.189. The Morgan fingerprint density at radius 2 is 1.84 bits per heavy atom. The standard InChI is InChI=1S/C24H18ClN3O3/c25-19-9-14(5-8-20(19)31-13-18-4-2-1-3-17(18)11-26)12-27-28-23(29)21-15-6-7-16(10-15)22(21)24(28)30/h1-9,12,15-16,21-22H,10,13H2. The van der Waals surface area contributed by atoms with E-state index in [-0.39, 0.29) is 42.1 Å². The van der Waals surface area contributed by atoms with E-state index in [0.29, 0.717) is 21.9 Å². The molecule has 0 spiro atoms. The zero-order valence-electron chi connectivity index (χ0n) is 16.4. The lowest BCUT2D eigenvalue weighted by molar-refractivity contribution is -0.140. The Morgan fingerprint density at radius 1 is 1.13 bits per heavy atom. The lowest BCUT2D eigenvalue weighted by atomic mass is 9.85. The SMILES string of the molecule is N#Cc1ccccc1COc1ccc(C=NN2C(=O)C3C4C=CC(C4)C3C2=O)cc1Cl. The molecule has 4 unspecified atom stereocenters. The molecule has 154 valence electrons. The molecule has 2 bridgehead atoms. The van der Waals surface area contributed by atoms with Gasteiger partial charge in [-0.25, -0.2) is 0 Å². The molecule has 3 aliphatic rings. The van der Waals surface area contributed by atoms with Gasteiger partial charge in [0, 0.05) is 5.56 Å². The first-order valence-electron chi connectivity index (χ1n) is 10.1. The predicted octanol–water partition coefficient (Wildman–Crippen LogP) is 3.93. The molecule has 31 heavy (non-hydrogen) atoms. The van der Waals surface area contributed by atoms with E-state index >= 15 is 0 Å². The van der Waals surface area contributed by atoms with E-state index in [1.54, 1.807) is 30.3 Å². The molecule has 1 saturated carbocycles. The second-order valence-electron chi connectivity index (χ2n) is 7.98. The summed E-state index contributed by atoms with van der Waals surface area (Å²) in [6, 6.07) is 14.4. The number of hydrazone groups is 1. The van der Waals surface area contributed by atoms with Crippen molar-refractivity contribution in [2.24, 2.45) is 28.8 Å². The number of nitriles is 1. The van der Waals surface area contributed by atoms with Gasteiger partial charge in [-0.15, -0.1) is 0 Å². The van der Waals surface area contributed by atoms with Gasteiger partial charge in [0.2, 0.25) is 0 Å². The molecule has 2 aliphatic carbocycles. The van der Waals surface area contributed by atoms with Crippen LogP contribution in [0.1, 0.15) is 23.1 Å². The van der Waals surface area contributed by atoms with E-state index in [2.05, 4.69) is 23.3 Å². The zero-order chi connectivity index (χ0) is 21.5. The average molecular weight is 432 g/mol. The highest BCUT2D eigenvalue weighted by molar-refractivity contribution is 6.32. The molecule has 2 aromatic carbocycles. The monoisotopic (exact) mass is 431 g/mol. The fraction of sp³-hybridized carbons (Fsp3) is 0.250. The van der Waals surface area contributed by atoms with Gasteiger partial charge in [-0.2, -0.15) is 15.4 Å². The quantitative estimate of drug-likeness (QED) is 0.408. The van der Waals surface area contributed by atoms with Gasteiger partial charge in [-0.05, 0) is 48.1 Å². The minimum atomic E-state index is -0.268. The summed E-state index contributed by atoms with van der Waals surface area (Å²) >= 11 is 6.34. The largest absolute Gasteiger partial charge is 0.487 e. The maximum atomic E-state index is 12.7. The summed E-state index contributed by atoms with van der Waals surface area (Å²) in [5, 5.41) is 14.7. The van der Waals surface area contributed by atoms with Crippen LogP contribution in [0.3, 0.4) is 0 Å². The average Bonchev–Trinajstić information content (AvgIpc) is 3.46. The number of rotatable bonds is 5. The Bertz CT molecular complexity index is 1150. The second-order valence-corrected chi connectivity index (χ2v) is 8.39. The Balaban J connectivity index is 1.27. The maximum Gasteiger partial charge on any atom is 0.254 e. The number of carbonyl (C=O) groups excluding carboxylic acids is 2. The number of nitrogens with zero attached hydrogens (tertiary/aromatic N) is 3. The molecule has 2 aromatic rings. The summed E-state index contributed by atoms with van der Waals surface area (Å²) in [4.78, 5) is 25.4. The minimum absolute atomic E-state index is 0.156. The first-order chi connectivity index (χ1) is 15.1. The zero-order valence-corrected chi connectivity index (χ0v) is 17.2. The van der Waals surface area contributed by atoms with Crippen LogP contribution < -0.4 is 4.74 Å². The van der Waals surface area contributed by atoms with Gasteiger partial charge in [0.05, 0.1) is 34.7 Å². The summed E-state index contributed by atoms with van der Waals surface area (Å²) in [6.45, 7) is 0.215. The van der Waals surface area contributed by atoms with Crippen LogP contribution in [0.5, 0.6) is 5.75 Å². The third-order valence-electron chi connectivity index (χ3n) is 6.25. The van der Waals surface area contributed by atoms with Crippen molar-refractivity contribution in [2.45, 2.75) is 13.0 Å². The van der Waals surface area contributed by atoms with E-state index in [1.807, 2.05) is 12.1 Å². The lowest BCUT2D eigenvalue weighted by Crippen LogP contribution is -2.28. The number of halogens is 1. The third kappa shape index (κ3) is 3.31. The van der Waals surface area contributed by atoms with Gasteiger partial charge in [-0.3, -0.25) is 9.59 Å². The molecule has 0 radical (unpaired) electrons. The van der Waals surface area contributed by atoms with Crippen LogP contribution in [0.4, 0.5) is 0 Å². The molecule has 7 heteroatoms. The maximum absolute atomic E-state index is 12.7. The highest BCUT2D eigenvalue weighted by Gasteiger charge is 2.59. The van der Waals surface area contributed by atoms with Crippen molar-refractivity contribution in [3.05, 3.63) is 76.3 Å². The van der Waals surface area contributed by atoms with E-state index in [9.17, 15) is 14.9 Å². The van der Waals surface area contributed by atoms with Crippen molar-refractivity contribution in [2.75, 3.05) is 0 Å². The molecule has 1 aliphatic heterocycles. The number of carbonyl (C=O) groups is 2. The van der Waals surface area contributed by atoms with Crippen LogP contribution >= 0.6 is 11.6 Å². The Kier molecular flexibility index (Phi) is 4.84.